The Hall–Kier alpha value is -2.60. The molecule has 1 heterocycles. The lowest BCUT2D eigenvalue weighted by Gasteiger charge is -2.12. The lowest BCUT2D eigenvalue weighted by Crippen LogP contribution is -2.26. The van der Waals surface area contributed by atoms with Gasteiger partial charge in [-0.05, 0) is 50.2 Å². The number of Topliss-reactive ketones (excluding diaryl/α,β-unsaturated/α-hetero) is 1. The molecule has 0 saturated carbocycles. The predicted octanol–water partition coefficient (Wildman–Crippen LogP) is 4.39. The molecular weight excluding hydrogens is 336 g/mol. The van der Waals surface area contributed by atoms with Crippen molar-refractivity contribution < 1.29 is 14.3 Å². The number of carbonyl (C=O) groups is 1. The van der Waals surface area contributed by atoms with Gasteiger partial charge in [0.15, 0.2) is 10.9 Å². The lowest BCUT2D eigenvalue weighted by molar-refractivity contribution is 0.0975. The average Bonchev–Trinajstić information content (AvgIpc) is 3.04. The molecule has 0 bridgehead atoms. The Kier molecular flexibility index (Phi) is 5.19. The zero-order valence-electron chi connectivity index (χ0n) is 14.4. The smallest absolute Gasteiger partial charge is 0.184 e. The Bertz CT molecular complexity index is 874. The molecule has 25 heavy (non-hydrogen) atoms. The van der Waals surface area contributed by atoms with Crippen molar-refractivity contribution in [3.63, 3.8) is 0 Å². The first-order chi connectivity index (χ1) is 12.1. The van der Waals surface area contributed by atoms with Crippen LogP contribution in [-0.2, 0) is 0 Å². The molecule has 0 saturated heterocycles. The number of para-hydroxylation sites is 1. The van der Waals surface area contributed by atoms with Gasteiger partial charge in [-0.25, -0.2) is 4.98 Å². The number of nitrogens with one attached hydrogen (secondary N) is 1. The largest absolute Gasteiger partial charge is 0.494 e. The Morgan fingerprint density at radius 1 is 1.24 bits per heavy atom. The van der Waals surface area contributed by atoms with E-state index in [0.717, 1.165) is 21.7 Å². The summed E-state index contributed by atoms with van der Waals surface area (Å²) in [5.74, 6) is 1.50. The maximum absolute atomic E-state index is 12.6. The topological polar surface area (TPSA) is 60.5 Å². The van der Waals surface area contributed by atoms with Gasteiger partial charge in [-0.3, -0.25) is 4.79 Å². The summed E-state index contributed by atoms with van der Waals surface area (Å²) in [6.07, 6.45) is 0. The van der Waals surface area contributed by atoms with Gasteiger partial charge in [0.1, 0.15) is 17.0 Å². The summed E-state index contributed by atoms with van der Waals surface area (Å²) in [6.45, 7) is 4.37. The number of nitrogens with zero attached hydrogens (tertiary/aromatic N) is 1. The Labute approximate surface area is 150 Å². The zero-order valence-corrected chi connectivity index (χ0v) is 15.2. The number of anilines is 1. The lowest BCUT2D eigenvalue weighted by atomic mass is 10.1. The Balaban J connectivity index is 1.75. The molecule has 1 atom stereocenters. The minimum atomic E-state index is -0.385. The number of carbonyl (C=O) groups excluding carboxylic acids is 1. The normalized spacial score (nSPS) is 12.0. The highest BCUT2D eigenvalue weighted by Crippen LogP contribution is 2.32. The second kappa shape index (κ2) is 7.53. The summed E-state index contributed by atoms with van der Waals surface area (Å²) < 4.78 is 11.8. The highest BCUT2D eigenvalue weighted by molar-refractivity contribution is 7.22. The highest BCUT2D eigenvalue weighted by Gasteiger charge is 2.17. The third-order valence-corrected chi connectivity index (χ3v) is 4.74. The number of fused-ring (bicyclic) bond motifs is 1. The van der Waals surface area contributed by atoms with E-state index in [4.69, 9.17) is 9.47 Å². The molecule has 1 unspecified atom stereocenters. The van der Waals surface area contributed by atoms with E-state index in [1.807, 2.05) is 44.2 Å². The van der Waals surface area contributed by atoms with Crippen LogP contribution >= 0.6 is 11.3 Å². The van der Waals surface area contributed by atoms with Gasteiger partial charge >= 0.3 is 0 Å². The minimum absolute atomic E-state index is 0.00858. The van der Waals surface area contributed by atoms with E-state index in [1.165, 1.54) is 11.3 Å². The fraction of sp³-hybridized carbons (Fsp3) is 0.263. The van der Waals surface area contributed by atoms with Gasteiger partial charge in [-0.2, -0.15) is 0 Å². The number of hydrogen-bond acceptors (Lipinski definition) is 6. The molecule has 1 aromatic heterocycles. The molecule has 2 aromatic carbocycles. The van der Waals surface area contributed by atoms with Crippen LogP contribution in [0.2, 0.25) is 0 Å². The van der Waals surface area contributed by atoms with E-state index < -0.39 is 0 Å². The number of hydrogen-bond donors (Lipinski definition) is 1. The number of benzene rings is 2. The first-order valence-corrected chi connectivity index (χ1v) is 8.91. The summed E-state index contributed by atoms with van der Waals surface area (Å²) in [4.78, 5) is 17.2. The molecule has 0 aliphatic heterocycles. The van der Waals surface area contributed by atoms with Crippen LogP contribution in [0.1, 0.15) is 24.2 Å². The third-order valence-electron chi connectivity index (χ3n) is 3.78. The van der Waals surface area contributed by atoms with Gasteiger partial charge in [0, 0.05) is 5.56 Å². The Morgan fingerprint density at radius 2 is 2.00 bits per heavy atom. The van der Waals surface area contributed by atoms with Crippen LogP contribution in [0.4, 0.5) is 5.13 Å². The standard InChI is InChI=1S/C19H20N2O3S/c1-4-24-14-10-8-13(9-11-14)18(22)12(2)20-19-21-17-15(23-3)6-5-7-16(17)25-19/h5-12H,4H2,1-3H3,(H,20,21). The second-order valence-corrected chi connectivity index (χ2v) is 6.54. The van der Waals surface area contributed by atoms with Crippen LogP contribution in [0.3, 0.4) is 0 Å². The summed E-state index contributed by atoms with van der Waals surface area (Å²) >= 11 is 1.50. The molecule has 5 nitrogen and oxygen atoms in total. The molecule has 130 valence electrons. The van der Waals surface area contributed by atoms with Gasteiger partial charge in [0.25, 0.3) is 0 Å². The Morgan fingerprint density at radius 3 is 2.68 bits per heavy atom. The van der Waals surface area contributed by atoms with Crippen molar-refractivity contribution in [3.05, 3.63) is 48.0 Å². The fourth-order valence-electron chi connectivity index (χ4n) is 2.53. The molecule has 3 aromatic rings. The van der Waals surface area contributed by atoms with Gasteiger partial charge in [-0.1, -0.05) is 17.4 Å². The van der Waals surface area contributed by atoms with Gasteiger partial charge in [0.05, 0.1) is 24.5 Å². The van der Waals surface area contributed by atoms with E-state index in [0.29, 0.717) is 17.3 Å². The molecule has 0 radical (unpaired) electrons. The quantitative estimate of drug-likeness (QED) is 0.636. The first kappa shape index (κ1) is 17.2. The number of aromatic nitrogens is 1. The molecule has 3 rings (SSSR count). The zero-order chi connectivity index (χ0) is 17.8. The predicted molar refractivity (Wildman–Crippen MR) is 101 cm³/mol. The fourth-order valence-corrected chi connectivity index (χ4v) is 3.50. The monoisotopic (exact) mass is 356 g/mol. The number of ether oxygens (including phenoxy) is 2. The average molecular weight is 356 g/mol. The second-order valence-electron chi connectivity index (χ2n) is 5.51. The van der Waals surface area contributed by atoms with Crippen molar-refractivity contribution in [3.8, 4) is 11.5 Å². The molecule has 6 heteroatoms. The minimum Gasteiger partial charge on any atom is -0.494 e. The van der Waals surface area contributed by atoms with E-state index in [9.17, 15) is 4.79 Å². The van der Waals surface area contributed by atoms with Gasteiger partial charge < -0.3 is 14.8 Å². The maximum Gasteiger partial charge on any atom is 0.184 e. The highest BCUT2D eigenvalue weighted by atomic mass is 32.1. The van der Waals surface area contributed by atoms with Crippen molar-refractivity contribution >= 4 is 32.5 Å². The third kappa shape index (κ3) is 3.74. The van der Waals surface area contributed by atoms with Crippen molar-refractivity contribution in [2.45, 2.75) is 19.9 Å². The molecule has 0 fully saturated rings. The maximum atomic E-state index is 12.6. The molecule has 0 aliphatic carbocycles. The van der Waals surface area contributed by atoms with E-state index in [1.54, 1.807) is 19.2 Å². The van der Waals surface area contributed by atoms with E-state index in [2.05, 4.69) is 10.3 Å². The van der Waals surface area contributed by atoms with Gasteiger partial charge in [0.2, 0.25) is 0 Å². The van der Waals surface area contributed by atoms with Crippen molar-refractivity contribution in [2.24, 2.45) is 0 Å². The number of thiazole rings is 1. The van der Waals surface area contributed by atoms with Crippen LogP contribution in [0.5, 0.6) is 11.5 Å². The SMILES string of the molecule is CCOc1ccc(C(=O)C(C)Nc2nc3c(OC)cccc3s2)cc1. The summed E-state index contributed by atoms with van der Waals surface area (Å²) in [5, 5.41) is 3.89. The molecule has 0 spiro atoms. The summed E-state index contributed by atoms with van der Waals surface area (Å²) in [6, 6.07) is 12.6. The number of rotatable bonds is 7. The van der Waals surface area contributed by atoms with Crippen molar-refractivity contribution in [2.75, 3.05) is 19.0 Å². The molecular formula is C19H20N2O3S. The first-order valence-electron chi connectivity index (χ1n) is 8.09. The number of ketones is 1. The van der Waals surface area contributed by atoms with Crippen LogP contribution in [0.15, 0.2) is 42.5 Å². The summed E-state index contributed by atoms with van der Waals surface area (Å²) in [5.41, 5.74) is 1.44. The van der Waals surface area contributed by atoms with Crippen molar-refractivity contribution in [1.29, 1.82) is 0 Å². The summed E-state index contributed by atoms with van der Waals surface area (Å²) in [7, 11) is 1.62. The van der Waals surface area contributed by atoms with E-state index >= 15 is 0 Å². The van der Waals surface area contributed by atoms with Crippen LogP contribution in [0, 0.1) is 0 Å². The molecule has 0 amide bonds. The van der Waals surface area contributed by atoms with E-state index in [-0.39, 0.29) is 11.8 Å². The van der Waals surface area contributed by atoms with Crippen molar-refractivity contribution in [1.82, 2.24) is 4.98 Å². The van der Waals surface area contributed by atoms with Gasteiger partial charge in [-0.15, -0.1) is 0 Å². The van der Waals surface area contributed by atoms with Crippen LogP contribution in [-0.4, -0.2) is 30.5 Å². The molecule has 1 N–H and O–H groups in total. The van der Waals surface area contributed by atoms with Crippen LogP contribution in [0.25, 0.3) is 10.2 Å². The van der Waals surface area contributed by atoms with Crippen LogP contribution < -0.4 is 14.8 Å². The molecule has 0 aliphatic rings. The number of methoxy groups -OCH3 is 1.